The molecule has 9 nitrogen and oxygen atoms in total. The van der Waals surface area contributed by atoms with Crippen LogP contribution in [0.5, 0.6) is 11.5 Å². The Morgan fingerprint density at radius 1 is 1.00 bits per heavy atom. The molecule has 0 aliphatic carbocycles. The van der Waals surface area contributed by atoms with Crippen LogP contribution in [-0.2, 0) is 4.79 Å². The van der Waals surface area contributed by atoms with Gasteiger partial charge in [0.15, 0.2) is 24.0 Å². The third-order valence-corrected chi connectivity index (χ3v) is 6.43. The zero-order valence-electron chi connectivity index (χ0n) is 20.7. The third kappa shape index (κ3) is 5.55. The molecular weight excluding hydrogens is 511 g/mol. The van der Waals surface area contributed by atoms with Crippen molar-refractivity contribution >= 4 is 40.3 Å². The molecule has 0 atom stereocenters. The van der Waals surface area contributed by atoms with Gasteiger partial charge in [0.05, 0.1) is 17.8 Å². The van der Waals surface area contributed by atoms with Gasteiger partial charge in [-0.2, -0.15) is 4.98 Å². The number of halogens is 2. The number of amides is 1. The normalized spacial score (nSPS) is 13.6. The second-order valence-electron chi connectivity index (χ2n) is 8.66. The van der Waals surface area contributed by atoms with E-state index in [1.165, 1.54) is 6.07 Å². The van der Waals surface area contributed by atoms with Gasteiger partial charge in [-0.25, -0.2) is 14.4 Å². The molecule has 38 heavy (non-hydrogen) atoms. The molecule has 1 aliphatic rings. The first-order valence-electron chi connectivity index (χ1n) is 12.2. The minimum atomic E-state index is -0.431. The molecule has 1 saturated heterocycles. The van der Waals surface area contributed by atoms with Gasteiger partial charge in [0.1, 0.15) is 11.3 Å². The van der Waals surface area contributed by atoms with Gasteiger partial charge in [0.25, 0.3) is 5.91 Å². The number of rotatable bonds is 7. The summed E-state index contributed by atoms with van der Waals surface area (Å²) in [7, 11) is 0. The number of piperazine rings is 1. The van der Waals surface area contributed by atoms with E-state index < -0.39 is 5.82 Å². The topological polar surface area (TPSA) is 107 Å². The summed E-state index contributed by atoms with van der Waals surface area (Å²) in [5.41, 5.74) is 8.51. The van der Waals surface area contributed by atoms with Gasteiger partial charge in [-0.15, -0.1) is 0 Å². The first-order chi connectivity index (χ1) is 18.4. The van der Waals surface area contributed by atoms with Crippen molar-refractivity contribution in [2.75, 3.05) is 50.0 Å². The maximum atomic E-state index is 14.1. The van der Waals surface area contributed by atoms with Crippen molar-refractivity contribution in [2.45, 2.75) is 6.92 Å². The van der Waals surface area contributed by atoms with Crippen LogP contribution in [0.3, 0.4) is 0 Å². The van der Waals surface area contributed by atoms with Crippen molar-refractivity contribution in [1.82, 2.24) is 19.9 Å². The van der Waals surface area contributed by atoms with Crippen molar-refractivity contribution in [1.29, 1.82) is 0 Å². The Kier molecular flexibility index (Phi) is 7.41. The molecule has 0 saturated carbocycles. The Hall–Kier alpha value is -4.18. The number of aromatic nitrogens is 3. The van der Waals surface area contributed by atoms with Crippen molar-refractivity contribution in [3.63, 3.8) is 0 Å². The second kappa shape index (κ2) is 11.1. The number of anilines is 2. The molecule has 4 aromatic rings. The van der Waals surface area contributed by atoms with Crippen LogP contribution in [0.1, 0.15) is 6.92 Å². The van der Waals surface area contributed by atoms with Crippen LogP contribution in [0.4, 0.5) is 16.2 Å². The van der Waals surface area contributed by atoms with E-state index in [1.54, 1.807) is 54.3 Å². The molecule has 2 aromatic heterocycles. The number of nitrogens with zero attached hydrogens (tertiary/aromatic N) is 5. The summed E-state index contributed by atoms with van der Waals surface area (Å²) < 4.78 is 25.1. The standard InChI is InChI=1S/C27H26ClFN6O3/c1-2-37-23-15-17(3-8-20(23)29)21-9-10-22-25(31-21)26(33-27(30)32-22)35-13-11-34(12-14-35)24(36)16-38-19-6-4-18(28)5-7-19/h3-10,15H,2,11-14,16H2,1H3,(H2,30,32,33). The van der Waals surface area contributed by atoms with Crippen LogP contribution < -0.4 is 20.1 Å². The molecule has 1 fully saturated rings. The zero-order chi connectivity index (χ0) is 26.6. The monoisotopic (exact) mass is 536 g/mol. The highest BCUT2D eigenvalue weighted by Crippen LogP contribution is 2.30. The van der Waals surface area contributed by atoms with Crippen molar-refractivity contribution < 1.29 is 18.7 Å². The first kappa shape index (κ1) is 25.5. The number of carbonyl (C=O) groups excluding carboxylic acids is 1. The van der Waals surface area contributed by atoms with E-state index in [-0.39, 0.29) is 24.2 Å². The molecule has 11 heteroatoms. The van der Waals surface area contributed by atoms with Gasteiger partial charge >= 0.3 is 0 Å². The predicted molar refractivity (Wildman–Crippen MR) is 144 cm³/mol. The van der Waals surface area contributed by atoms with Gasteiger partial charge in [-0.1, -0.05) is 11.6 Å². The lowest BCUT2D eigenvalue weighted by molar-refractivity contribution is -0.133. The highest BCUT2D eigenvalue weighted by atomic mass is 35.5. The maximum absolute atomic E-state index is 14.1. The third-order valence-electron chi connectivity index (χ3n) is 6.18. The number of pyridine rings is 1. The van der Waals surface area contributed by atoms with Gasteiger partial charge in [0, 0.05) is 36.8 Å². The number of nitrogen functional groups attached to an aromatic ring is 1. The lowest BCUT2D eigenvalue weighted by Gasteiger charge is -2.35. The summed E-state index contributed by atoms with van der Waals surface area (Å²) in [4.78, 5) is 30.1. The summed E-state index contributed by atoms with van der Waals surface area (Å²) in [6, 6.07) is 15.1. The molecule has 2 aromatic carbocycles. The minimum absolute atomic E-state index is 0.0582. The molecule has 0 spiro atoms. The molecule has 5 rings (SSSR count). The van der Waals surface area contributed by atoms with Gasteiger partial charge in [-0.3, -0.25) is 4.79 Å². The highest BCUT2D eigenvalue weighted by Gasteiger charge is 2.25. The van der Waals surface area contributed by atoms with Crippen LogP contribution in [0, 0.1) is 5.82 Å². The fourth-order valence-corrected chi connectivity index (χ4v) is 4.39. The molecule has 1 amide bonds. The molecular formula is C27H26ClFN6O3. The summed E-state index contributed by atoms with van der Waals surface area (Å²) in [6.45, 7) is 4.15. The second-order valence-corrected chi connectivity index (χ2v) is 9.09. The average Bonchev–Trinajstić information content (AvgIpc) is 2.93. The Morgan fingerprint density at radius 2 is 1.76 bits per heavy atom. The van der Waals surface area contributed by atoms with E-state index >= 15 is 0 Å². The number of nitrogens with two attached hydrogens (primary N) is 1. The van der Waals surface area contributed by atoms with Crippen LogP contribution >= 0.6 is 11.6 Å². The number of fused-ring (bicyclic) bond motifs is 1. The van der Waals surface area contributed by atoms with Gasteiger partial charge < -0.3 is 25.0 Å². The number of benzene rings is 2. The number of hydrogen-bond acceptors (Lipinski definition) is 8. The van der Waals surface area contributed by atoms with E-state index in [0.29, 0.717) is 71.7 Å². The minimum Gasteiger partial charge on any atom is -0.491 e. The van der Waals surface area contributed by atoms with E-state index in [0.717, 1.165) is 0 Å². The lowest BCUT2D eigenvalue weighted by Crippen LogP contribution is -2.50. The SMILES string of the molecule is CCOc1cc(-c2ccc3nc(N)nc(N4CCN(C(=O)COc5ccc(Cl)cc5)CC4)c3n2)ccc1F. The number of carbonyl (C=O) groups is 1. The number of hydrogen-bond donors (Lipinski definition) is 1. The van der Waals surface area contributed by atoms with E-state index in [1.807, 2.05) is 11.0 Å². The smallest absolute Gasteiger partial charge is 0.260 e. The molecule has 1 aliphatic heterocycles. The van der Waals surface area contributed by atoms with E-state index in [4.69, 9.17) is 31.8 Å². The molecule has 0 radical (unpaired) electrons. The average molecular weight is 537 g/mol. The van der Waals surface area contributed by atoms with Crippen molar-refractivity contribution in [2.24, 2.45) is 0 Å². The molecule has 0 unspecified atom stereocenters. The van der Waals surface area contributed by atoms with Crippen LogP contribution in [0.25, 0.3) is 22.3 Å². The molecule has 2 N–H and O–H groups in total. The Balaban J connectivity index is 1.32. The predicted octanol–water partition coefficient (Wildman–Crippen LogP) is 4.19. The summed E-state index contributed by atoms with van der Waals surface area (Å²) in [6.07, 6.45) is 0. The van der Waals surface area contributed by atoms with Crippen molar-refractivity contribution in [3.05, 3.63) is 65.4 Å². The van der Waals surface area contributed by atoms with Crippen LogP contribution in [-0.4, -0.2) is 65.2 Å². The van der Waals surface area contributed by atoms with E-state index in [9.17, 15) is 9.18 Å². The van der Waals surface area contributed by atoms with Gasteiger partial charge in [-0.05, 0) is 61.5 Å². The Bertz CT molecular complexity index is 1460. The fraction of sp³-hybridized carbons (Fsp3) is 0.259. The molecule has 196 valence electrons. The first-order valence-corrected chi connectivity index (χ1v) is 12.6. The van der Waals surface area contributed by atoms with Gasteiger partial charge in [0.2, 0.25) is 5.95 Å². The van der Waals surface area contributed by atoms with Crippen LogP contribution in [0.2, 0.25) is 5.02 Å². The summed E-state index contributed by atoms with van der Waals surface area (Å²) >= 11 is 5.89. The largest absolute Gasteiger partial charge is 0.491 e. The highest BCUT2D eigenvalue weighted by molar-refractivity contribution is 6.30. The Morgan fingerprint density at radius 3 is 2.50 bits per heavy atom. The van der Waals surface area contributed by atoms with E-state index in [2.05, 4.69) is 9.97 Å². The number of ether oxygens (including phenoxy) is 2. The lowest BCUT2D eigenvalue weighted by atomic mass is 10.1. The Labute approximate surface area is 224 Å². The summed E-state index contributed by atoms with van der Waals surface area (Å²) in [5, 5.41) is 0.604. The quantitative estimate of drug-likeness (QED) is 0.375. The fourth-order valence-electron chi connectivity index (χ4n) is 4.26. The zero-order valence-corrected chi connectivity index (χ0v) is 21.5. The summed E-state index contributed by atoms with van der Waals surface area (Å²) in [5.74, 6) is 0.943. The molecule has 3 heterocycles. The van der Waals surface area contributed by atoms with Crippen molar-refractivity contribution in [3.8, 4) is 22.8 Å². The molecule has 0 bridgehead atoms. The van der Waals surface area contributed by atoms with Crippen LogP contribution in [0.15, 0.2) is 54.6 Å². The maximum Gasteiger partial charge on any atom is 0.260 e.